The monoisotopic (exact) mass is 332 g/mol. The second-order valence-corrected chi connectivity index (χ2v) is 8.37. The first-order valence-electron chi connectivity index (χ1n) is 10.4. The summed E-state index contributed by atoms with van der Waals surface area (Å²) in [5.74, 6) is 4.91. The maximum absolute atomic E-state index is 11.5. The average molecular weight is 333 g/mol. The van der Waals surface area contributed by atoms with Gasteiger partial charge in [0.1, 0.15) is 6.29 Å². The lowest BCUT2D eigenvalue weighted by atomic mass is 9.51. The molecule has 0 aliphatic heterocycles. The molecule has 6 atom stereocenters. The molecule has 2 nitrogen and oxygen atoms in total. The number of fused-ring (bicyclic) bond motifs is 3. The Balaban J connectivity index is 0.000000815. The normalized spacial score (nSPS) is 43.2. The Kier molecular flexibility index (Phi) is 5.42. The molecule has 2 heteroatoms. The molecule has 4 aliphatic rings. The van der Waals surface area contributed by atoms with Gasteiger partial charge >= 0.3 is 0 Å². The lowest BCUT2D eigenvalue weighted by Gasteiger charge is -2.54. The van der Waals surface area contributed by atoms with Crippen LogP contribution in [0.25, 0.3) is 0 Å². The fourth-order valence-electron chi connectivity index (χ4n) is 7.06. The Morgan fingerprint density at radius 2 is 1.96 bits per heavy atom. The zero-order valence-electron chi connectivity index (χ0n) is 16.1. The van der Waals surface area contributed by atoms with Gasteiger partial charge in [-0.3, -0.25) is 0 Å². The van der Waals surface area contributed by atoms with Gasteiger partial charge in [0.05, 0.1) is 12.9 Å². The van der Waals surface area contributed by atoms with Gasteiger partial charge in [0.15, 0.2) is 0 Å². The van der Waals surface area contributed by atoms with Crippen molar-refractivity contribution in [2.45, 2.75) is 78.6 Å². The standard InChI is InChI=1S/C20H30O2.C2H6/c1-3-15-16-8-9-20-10-13(14(11-20)12-21)4-6-18(20)17(16)5-7-19(15)22-2;1-2/h12-14,16-18H,3-11H2,1-2H3;1-2H3/t13?,14-,16?,17?,18?,20?;/m1./s1. The molecule has 3 saturated carbocycles. The summed E-state index contributed by atoms with van der Waals surface area (Å²) in [6, 6.07) is 0. The van der Waals surface area contributed by atoms with Crippen molar-refractivity contribution in [3.63, 3.8) is 0 Å². The molecule has 0 aromatic carbocycles. The zero-order chi connectivity index (χ0) is 17.3. The van der Waals surface area contributed by atoms with Crippen LogP contribution in [-0.4, -0.2) is 13.4 Å². The largest absolute Gasteiger partial charge is 0.501 e. The van der Waals surface area contributed by atoms with Gasteiger partial charge in [-0.25, -0.2) is 0 Å². The van der Waals surface area contributed by atoms with E-state index in [1.807, 2.05) is 21.0 Å². The molecule has 0 amide bonds. The quantitative estimate of drug-likeness (QED) is 0.614. The van der Waals surface area contributed by atoms with Crippen LogP contribution in [0.2, 0.25) is 0 Å². The lowest BCUT2D eigenvalue weighted by molar-refractivity contribution is -0.112. The van der Waals surface area contributed by atoms with Crippen molar-refractivity contribution in [3.8, 4) is 0 Å². The highest BCUT2D eigenvalue weighted by atomic mass is 16.5. The van der Waals surface area contributed by atoms with Crippen LogP contribution in [0.4, 0.5) is 0 Å². The highest BCUT2D eigenvalue weighted by Gasteiger charge is 2.58. The predicted molar refractivity (Wildman–Crippen MR) is 98.6 cm³/mol. The molecule has 5 unspecified atom stereocenters. The summed E-state index contributed by atoms with van der Waals surface area (Å²) >= 11 is 0. The van der Waals surface area contributed by atoms with E-state index in [0.717, 1.165) is 30.6 Å². The Hall–Kier alpha value is -0.790. The van der Waals surface area contributed by atoms with Crippen molar-refractivity contribution < 1.29 is 9.53 Å². The van der Waals surface area contributed by atoms with Crippen molar-refractivity contribution in [1.82, 2.24) is 0 Å². The van der Waals surface area contributed by atoms with Crippen molar-refractivity contribution in [1.29, 1.82) is 0 Å². The van der Waals surface area contributed by atoms with Crippen LogP contribution in [-0.2, 0) is 9.53 Å². The molecule has 3 fully saturated rings. The second kappa shape index (κ2) is 7.22. The molecule has 1 spiro atoms. The fraction of sp³-hybridized carbons (Fsp3) is 0.864. The number of methoxy groups -OCH3 is 1. The van der Waals surface area contributed by atoms with Gasteiger partial charge in [-0.15, -0.1) is 0 Å². The van der Waals surface area contributed by atoms with Gasteiger partial charge in [0.2, 0.25) is 0 Å². The van der Waals surface area contributed by atoms with E-state index in [1.165, 1.54) is 57.0 Å². The third-order valence-corrected chi connectivity index (χ3v) is 7.85. The first-order valence-corrected chi connectivity index (χ1v) is 10.4. The van der Waals surface area contributed by atoms with Crippen LogP contribution in [0.3, 0.4) is 0 Å². The fourth-order valence-corrected chi connectivity index (χ4v) is 7.06. The van der Waals surface area contributed by atoms with Crippen LogP contribution in [0.15, 0.2) is 11.3 Å². The van der Waals surface area contributed by atoms with Gasteiger partial charge in [-0.05, 0) is 86.0 Å². The number of aldehydes is 1. The number of allylic oxidation sites excluding steroid dienone is 2. The zero-order valence-corrected chi connectivity index (χ0v) is 16.1. The molecule has 2 bridgehead atoms. The van der Waals surface area contributed by atoms with E-state index in [9.17, 15) is 4.79 Å². The molecule has 4 aliphatic carbocycles. The molecule has 0 N–H and O–H groups in total. The highest BCUT2D eigenvalue weighted by Crippen LogP contribution is 2.66. The van der Waals surface area contributed by atoms with Crippen LogP contribution in [0, 0.1) is 35.0 Å². The Morgan fingerprint density at radius 3 is 2.62 bits per heavy atom. The lowest BCUT2D eigenvalue weighted by Crippen LogP contribution is -2.45. The number of ether oxygens (including phenoxy) is 1. The molecule has 0 heterocycles. The van der Waals surface area contributed by atoms with Crippen LogP contribution in [0.5, 0.6) is 0 Å². The summed E-state index contributed by atoms with van der Waals surface area (Å²) < 4.78 is 5.71. The second-order valence-electron chi connectivity index (χ2n) is 8.37. The van der Waals surface area contributed by atoms with Crippen molar-refractivity contribution in [3.05, 3.63) is 11.3 Å². The first-order chi connectivity index (χ1) is 11.7. The predicted octanol–water partition coefficient (Wildman–Crippen LogP) is 5.76. The van der Waals surface area contributed by atoms with E-state index in [4.69, 9.17) is 4.74 Å². The van der Waals surface area contributed by atoms with Crippen molar-refractivity contribution >= 4 is 6.29 Å². The van der Waals surface area contributed by atoms with E-state index in [0.29, 0.717) is 17.3 Å². The molecule has 0 aromatic rings. The number of carbonyl (C=O) groups excluding carboxylic acids is 1. The van der Waals surface area contributed by atoms with Crippen LogP contribution < -0.4 is 0 Å². The average Bonchev–Trinajstić information content (AvgIpc) is 2.92. The van der Waals surface area contributed by atoms with Crippen LogP contribution >= 0.6 is 0 Å². The van der Waals surface area contributed by atoms with Gasteiger partial charge < -0.3 is 9.53 Å². The maximum atomic E-state index is 11.5. The summed E-state index contributed by atoms with van der Waals surface area (Å²) in [4.78, 5) is 11.5. The molecule has 136 valence electrons. The van der Waals surface area contributed by atoms with Crippen molar-refractivity contribution in [2.24, 2.45) is 35.0 Å². The molecular formula is C22H36O2. The van der Waals surface area contributed by atoms with Gasteiger partial charge in [0.25, 0.3) is 0 Å². The molecular weight excluding hydrogens is 296 g/mol. The number of carbonyl (C=O) groups is 1. The molecule has 24 heavy (non-hydrogen) atoms. The Bertz CT molecular complexity index is 494. The topological polar surface area (TPSA) is 26.3 Å². The first kappa shape index (κ1) is 18.0. The minimum Gasteiger partial charge on any atom is -0.501 e. The minimum absolute atomic E-state index is 0.376. The van der Waals surface area contributed by atoms with Gasteiger partial charge in [-0.1, -0.05) is 20.8 Å². The van der Waals surface area contributed by atoms with E-state index in [2.05, 4.69) is 6.92 Å². The Morgan fingerprint density at radius 1 is 1.17 bits per heavy atom. The molecule has 0 saturated heterocycles. The summed E-state index contributed by atoms with van der Waals surface area (Å²) in [7, 11) is 1.85. The third kappa shape index (κ3) is 2.65. The smallest absolute Gasteiger partial charge is 0.123 e. The number of rotatable bonds is 3. The minimum atomic E-state index is 0.376. The summed E-state index contributed by atoms with van der Waals surface area (Å²) in [6.45, 7) is 6.30. The summed E-state index contributed by atoms with van der Waals surface area (Å²) in [5.41, 5.74) is 2.15. The van der Waals surface area contributed by atoms with Crippen molar-refractivity contribution in [2.75, 3.05) is 7.11 Å². The molecule has 4 rings (SSSR count). The van der Waals surface area contributed by atoms with Gasteiger partial charge in [-0.2, -0.15) is 0 Å². The molecule has 0 radical (unpaired) electrons. The highest BCUT2D eigenvalue weighted by molar-refractivity contribution is 5.55. The van der Waals surface area contributed by atoms with Gasteiger partial charge in [0, 0.05) is 12.3 Å². The number of hydrogen-bond donors (Lipinski definition) is 0. The summed E-state index contributed by atoms with van der Waals surface area (Å²) in [5, 5.41) is 0. The van der Waals surface area contributed by atoms with E-state index in [-0.39, 0.29) is 0 Å². The van der Waals surface area contributed by atoms with E-state index < -0.39 is 0 Å². The maximum Gasteiger partial charge on any atom is 0.123 e. The van der Waals surface area contributed by atoms with E-state index >= 15 is 0 Å². The molecule has 0 aromatic heterocycles. The van der Waals surface area contributed by atoms with Crippen LogP contribution in [0.1, 0.15) is 78.6 Å². The third-order valence-electron chi connectivity index (χ3n) is 7.85. The number of hydrogen-bond acceptors (Lipinski definition) is 2. The Labute approximate surface area is 148 Å². The van der Waals surface area contributed by atoms with E-state index in [1.54, 1.807) is 5.57 Å². The summed E-state index contributed by atoms with van der Waals surface area (Å²) in [6.07, 6.45) is 12.9. The SMILES string of the molecule is CC.CCC1=C(OC)CCC2C1CCC13CC(CCC21)[C@@H](C=O)C3.